The van der Waals surface area contributed by atoms with Crippen molar-refractivity contribution in [3.63, 3.8) is 0 Å². The molecule has 0 spiro atoms. The predicted octanol–water partition coefficient (Wildman–Crippen LogP) is 2.22. The van der Waals surface area contributed by atoms with E-state index in [-0.39, 0.29) is 23.9 Å². The minimum atomic E-state index is -6.00. The second-order valence-corrected chi connectivity index (χ2v) is 0.990. The Morgan fingerprint density at radius 3 is 0.455 bits per heavy atom. The van der Waals surface area contributed by atoms with Gasteiger partial charge in [0.05, 0.1) is 0 Å². The van der Waals surface area contributed by atoms with Crippen molar-refractivity contribution in [3.8, 4) is 0 Å². The molecule has 0 aromatic carbocycles. The fourth-order valence-corrected chi connectivity index (χ4v) is 0. The fourth-order valence-electron chi connectivity index (χ4n) is 0. The van der Waals surface area contributed by atoms with E-state index in [0.29, 0.717) is 0 Å². The molecule has 66 valence electrons. The summed E-state index contributed by atoms with van der Waals surface area (Å²) in [6, 6.07) is 0. The van der Waals surface area contributed by atoms with Crippen molar-refractivity contribution in [3.05, 3.63) is 0 Å². The van der Waals surface area contributed by atoms with Gasteiger partial charge in [0.2, 0.25) is 0 Å². The van der Waals surface area contributed by atoms with Crippen LogP contribution in [0.4, 0.5) is 34.5 Å². The molecule has 0 aliphatic rings. The average molecular weight is 292 g/mol. The minimum Gasteiger partial charge on any atom is -0.418 e. The maximum Gasteiger partial charge on any atom is 2.00 e. The van der Waals surface area contributed by atoms with Crippen LogP contribution in [0.25, 0.3) is 0 Å². The molecular weight excluding hydrogens is 292 g/mol. The van der Waals surface area contributed by atoms with Gasteiger partial charge in [0.1, 0.15) is 0 Å². The molecule has 2 radical (unpaired) electrons. The quantitative estimate of drug-likeness (QED) is 0.474. The van der Waals surface area contributed by atoms with E-state index in [2.05, 4.69) is 0 Å². The van der Waals surface area contributed by atoms with Gasteiger partial charge in [-0.15, -0.1) is 0 Å². The molecule has 0 aliphatic carbocycles. The zero-order valence-electron chi connectivity index (χ0n) is 4.68. The van der Waals surface area contributed by atoms with Gasteiger partial charge >= 0.3 is 38.4 Å². The molecule has 0 nitrogen and oxygen atoms in total. The zero-order valence-corrected chi connectivity index (χ0v) is 7.53. The van der Waals surface area contributed by atoms with Crippen LogP contribution in [0, 0.1) is 0 Å². The van der Waals surface area contributed by atoms with Gasteiger partial charge in [-0.1, -0.05) is 0 Å². The molecule has 0 unspecified atom stereocenters. The molecule has 11 heteroatoms. The summed E-state index contributed by atoms with van der Waals surface area (Å²) in [5.41, 5.74) is 0. The van der Waals surface area contributed by atoms with Crippen LogP contribution >= 0.6 is 0 Å². The van der Waals surface area contributed by atoms with Crippen molar-refractivity contribution >= 4 is 38.4 Å². The summed E-state index contributed by atoms with van der Waals surface area (Å²) in [7, 11) is -12.0. The van der Waals surface area contributed by atoms with Crippen molar-refractivity contribution in [2.75, 3.05) is 0 Å². The maximum atomic E-state index is 9.75. The average Bonchev–Trinajstić information content (AvgIpc) is 1.12. The van der Waals surface area contributed by atoms with Gasteiger partial charge in [0.15, 0.2) is 0 Å². The van der Waals surface area contributed by atoms with E-state index >= 15 is 0 Å². The summed E-state index contributed by atoms with van der Waals surface area (Å²) < 4.78 is 78.0. The number of hydrogen-bond acceptors (Lipinski definition) is 0. The van der Waals surface area contributed by atoms with Gasteiger partial charge in [0.25, 0.3) is 0 Å². The SMILES string of the molecule is F[B-](F)(F)F.F[B-](F)(F)F.[Sn+2]. The molecular formula is B2F8Sn. The Hall–Kier alpha value is 0.369. The molecule has 0 rings (SSSR count). The van der Waals surface area contributed by atoms with Crippen molar-refractivity contribution in [2.45, 2.75) is 0 Å². The molecule has 0 heterocycles. The number of rotatable bonds is 0. The van der Waals surface area contributed by atoms with Crippen LogP contribution in [0.15, 0.2) is 0 Å². The summed E-state index contributed by atoms with van der Waals surface area (Å²) in [4.78, 5) is 0. The summed E-state index contributed by atoms with van der Waals surface area (Å²) in [6.07, 6.45) is 0. The normalized spacial score (nSPS) is 10.9. The van der Waals surface area contributed by atoms with Crippen LogP contribution in [-0.2, 0) is 0 Å². The van der Waals surface area contributed by atoms with E-state index in [1.54, 1.807) is 0 Å². The first-order valence-corrected chi connectivity index (χ1v) is 1.75. The second-order valence-electron chi connectivity index (χ2n) is 0.990. The Morgan fingerprint density at radius 1 is 0.455 bits per heavy atom. The van der Waals surface area contributed by atoms with Gasteiger partial charge in [-0.3, -0.25) is 0 Å². The smallest absolute Gasteiger partial charge is 0.418 e. The van der Waals surface area contributed by atoms with Crippen LogP contribution < -0.4 is 0 Å². The summed E-state index contributed by atoms with van der Waals surface area (Å²) in [5.74, 6) is 0. The van der Waals surface area contributed by atoms with Gasteiger partial charge in [-0.25, -0.2) is 0 Å². The molecule has 11 heavy (non-hydrogen) atoms. The Labute approximate surface area is 73.5 Å². The van der Waals surface area contributed by atoms with Crippen molar-refractivity contribution < 1.29 is 34.5 Å². The first-order valence-electron chi connectivity index (χ1n) is 1.75. The summed E-state index contributed by atoms with van der Waals surface area (Å²) >= 11 is 0. The Bertz CT molecular complexity index is 55.1. The third-order valence-electron chi connectivity index (χ3n) is 0. The first-order chi connectivity index (χ1) is 4.00. The van der Waals surface area contributed by atoms with Gasteiger partial charge in [-0.05, 0) is 0 Å². The molecule has 0 fully saturated rings. The number of hydrogen-bond donors (Lipinski definition) is 0. The van der Waals surface area contributed by atoms with Gasteiger partial charge < -0.3 is 34.5 Å². The van der Waals surface area contributed by atoms with Crippen LogP contribution in [0.1, 0.15) is 0 Å². The molecule has 0 saturated carbocycles. The van der Waals surface area contributed by atoms with Crippen molar-refractivity contribution in [1.82, 2.24) is 0 Å². The molecule has 0 atom stereocenters. The second kappa shape index (κ2) is 5.95. The van der Waals surface area contributed by atoms with E-state index in [1.165, 1.54) is 0 Å². The molecule has 0 bridgehead atoms. The van der Waals surface area contributed by atoms with E-state index in [1.807, 2.05) is 0 Å². The molecule has 0 amide bonds. The topological polar surface area (TPSA) is 0 Å². The van der Waals surface area contributed by atoms with Crippen LogP contribution in [0.5, 0.6) is 0 Å². The third kappa shape index (κ3) is 5350. The summed E-state index contributed by atoms with van der Waals surface area (Å²) in [5, 5.41) is 0. The number of halogens is 8. The van der Waals surface area contributed by atoms with Crippen LogP contribution in [0.3, 0.4) is 0 Å². The first kappa shape index (κ1) is 17.5. The predicted molar refractivity (Wildman–Crippen MR) is 26.1 cm³/mol. The van der Waals surface area contributed by atoms with E-state index < -0.39 is 14.5 Å². The Balaban J connectivity index is -0.000000107. The maximum absolute atomic E-state index is 9.75. The standard InChI is InChI=1S/2BF4.Sn/c2*2-1(3,4)5;/q2*-1;+2. The van der Waals surface area contributed by atoms with Crippen LogP contribution in [0.2, 0.25) is 0 Å². The largest absolute Gasteiger partial charge is 2.00 e. The van der Waals surface area contributed by atoms with Gasteiger partial charge in [-0.2, -0.15) is 0 Å². The van der Waals surface area contributed by atoms with E-state index in [4.69, 9.17) is 0 Å². The fraction of sp³-hybridized carbons (Fsp3) is 0. The third-order valence-corrected chi connectivity index (χ3v) is 0. The molecule has 0 saturated heterocycles. The summed E-state index contributed by atoms with van der Waals surface area (Å²) in [6.45, 7) is 0. The van der Waals surface area contributed by atoms with E-state index in [9.17, 15) is 34.5 Å². The molecule has 0 aliphatic heterocycles. The Morgan fingerprint density at radius 2 is 0.455 bits per heavy atom. The van der Waals surface area contributed by atoms with Crippen molar-refractivity contribution in [2.24, 2.45) is 0 Å². The van der Waals surface area contributed by atoms with Gasteiger partial charge in [0, 0.05) is 0 Å². The molecule has 0 aromatic heterocycles. The van der Waals surface area contributed by atoms with Crippen LogP contribution in [-0.4, -0.2) is 38.4 Å². The zero-order chi connectivity index (χ0) is 9.00. The monoisotopic (exact) mass is 294 g/mol. The molecule has 0 aromatic rings. The van der Waals surface area contributed by atoms with Crippen molar-refractivity contribution in [1.29, 1.82) is 0 Å². The minimum absolute atomic E-state index is 0. The molecule has 0 N–H and O–H groups in total. The van der Waals surface area contributed by atoms with E-state index in [0.717, 1.165) is 0 Å². The Kier molecular flexibility index (Phi) is 9.44.